The molecule has 2 amide bonds. The number of urea groups is 1. The number of amides is 2. The van der Waals surface area contributed by atoms with Crippen LogP contribution in [0.3, 0.4) is 0 Å². The third kappa shape index (κ3) is 3.23. The Morgan fingerprint density at radius 3 is 2.84 bits per heavy atom. The number of nitrogens with one attached hydrogen (secondary N) is 2. The normalized spacial score (nSPS) is 18.4. The summed E-state index contributed by atoms with van der Waals surface area (Å²) < 4.78 is 27.3. The smallest absolute Gasteiger partial charge is 0.318 e. The van der Waals surface area contributed by atoms with Crippen LogP contribution in [-0.4, -0.2) is 27.7 Å². The van der Waals surface area contributed by atoms with Crippen molar-refractivity contribution < 1.29 is 13.6 Å². The van der Waals surface area contributed by atoms with Gasteiger partial charge in [0, 0.05) is 23.4 Å². The molecule has 0 radical (unpaired) electrons. The number of aromatic amines is 1. The van der Waals surface area contributed by atoms with Gasteiger partial charge in [-0.25, -0.2) is 13.6 Å². The number of carbonyl (C=O) groups excluding carboxylic acids is 1. The number of nitrogens with zero attached hydrogens (tertiary/aromatic N) is 2. The number of H-pyrrole nitrogens is 1. The SMILES string of the molecule is Cc1n[nH]c(C)c1[C@@H]1CCCN1C(=O)N[C@@H](C)c1cccc(F)c1F. The van der Waals surface area contributed by atoms with Crippen LogP contribution < -0.4 is 5.32 Å². The van der Waals surface area contributed by atoms with Gasteiger partial charge < -0.3 is 10.2 Å². The second-order valence-electron chi connectivity index (χ2n) is 6.51. The summed E-state index contributed by atoms with van der Waals surface area (Å²) in [5, 5.41) is 9.95. The van der Waals surface area contributed by atoms with E-state index >= 15 is 0 Å². The van der Waals surface area contributed by atoms with Gasteiger partial charge in [-0.05, 0) is 39.7 Å². The second-order valence-corrected chi connectivity index (χ2v) is 6.51. The topological polar surface area (TPSA) is 61.0 Å². The van der Waals surface area contributed by atoms with E-state index in [-0.39, 0.29) is 17.6 Å². The zero-order chi connectivity index (χ0) is 18.1. The summed E-state index contributed by atoms with van der Waals surface area (Å²) in [6.45, 7) is 6.13. The highest BCUT2D eigenvalue weighted by molar-refractivity contribution is 5.75. The number of rotatable bonds is 3. The molecule has 2 N–H and O–H groups in total. The molecule has 2 aromatic rings. The Balaban J connectivity index is 1.77. The molecule has 134 valence electrons. The van der Waals surface area contributed by atoms with E-state index in [1.807, 2.05) is 13.8 Å². The standard InChI is InChI=1S/C18H22F2N4O/c1-10(13-6-4-7-14(19)17(13)20)21-18(25)24-9-5-8-15(24)16-11(2)22-23-12(16)3/h4,6-7,10,15H,5,8-9H2,1-3H3,(H,21,25)(H,22,23)/t10-,15-/m0/s1. The van der Waals surface area contributed by atoms with Gasteiger partial charge in [-0.1, -0.05) is 12.1 Å². The first-order valence-electron chi connectivity index (χ1n) is 8.42. The molecule has 1 aromatic carbocycles. The summed E-state index contributed by atoms with van der Waals surface area (Å²) in [6, 6.07) is 3.02. The predicted molar refractivity (Wildman–Crippen MR) is 90.0 cm³/mol. The van der Waals surface area contributed by atoms with Crippen molar-refractivity contribution >= 4 is 6.03 Å². The maximum absolute atomic E-state index is 13.9. The van der Waals surface area contributed by atoms with Gasteiger partial charge >= 0.3 is 6.03 Å². The summed E-state index contributed by atoms with van der Waals surface area (Å²) in [4.78, 5) is 14.5. The van der Waals surface area contributed by atoms with Gasteiger partial charge in [0.2, 0.25) is 0 Å². The molecule has 0 aliphatic carbocycles. The molecule has 1 aliphatic rings. The molecular weight excluding hydrogens is 326 g/mol. The molecule has 1 saturated heterocycles. The summed E-state index contributed by atoms with van der Waals surface area (Å²) in [6.07, 6.45) is 1.75. The van der Waals surface area contributed by atoms with Crippen molar-refractivity contribution in [2.45, 2.75) is 45.7 Å². The minimum absolute atomic E-state index is 0.0525. The lowest BCUT2D eigenvalue weighted by molar-refractivity contribution is 0.189. The number of likely N-dealkylation sites (tertiary alicyclic amines) is 1. The molecule has 25 heavy (non-hydrogen) atoms. The molecule has 5 nitrogen and oxygen atoms in total. The molecule has 3 rings (SSSR count). The van der Waals surface area contributed by atoms with E-state index in [1.165, 1.54) is 12.1 Å². The molecule has 0 bridgehead atoms. The molecule has 0 spiro atoms. The molecule has 1 aliphatic heterocycles. The second kappa shape index (κ2) is 6.82. The minimum Gasteiger partial charge on any atom is -0.331 e. The first kappa shape index (κ1) is 17.4. The number of carbonyl (C=O) groups is 1. The van der Waals surface area contributed by atoms with Crippen LogP contribution in [0.15, 0.2) is 18.2 Å². The number of aryl methyl sites for hydroxylation is 2. The van der Waals surface area contributed by atoms with Crippen molar-refractivity contribution in [3.63, 3.8) is 0 Å². The summed E-state index contributed by atoms with van der Waals surface area (Å²) >= 11 is 0. The van der Waals surface area contributed by atoms with E-state index in [1.54, 1.807) is 11.8 Å². The number of aromatic nitrogens is 2. The fourth-order valence-corrected chi connectivity index (χ4v) is 3.56. The molecule has 1 aromatic heterocycles. The molecule has 0 saturated carbocycles. The van der Waals surface area contributed by atoms with Crippen LogP contribution in [0.1, 0.15) is 54.4 Å². The molecule has 2 atom stereocenters. The van der Waals surface area contributed by atoms with Gasteiger partial charge in [-0.15, -0.1) is 0 Å². The Kier molecular flexibility index (Phi) is 4.74. The van der Waals surface area contributed by atoms with Crippen LogP contribution in [0.25, 0.3) is 0 Å². The highest BCUT2D eigenvalue weighted by atomic mass is 19.2. The van der Waals surface area contributed by atoms with Crippen molar-refractivity contribution in [3.05, 3.63) is 52.3 Å². The highest BCUT2D eigenvalue weighted by Gasteiger charge is 2.33. The Bertz CT molecular complexity index is 770. The van der Waals surface area contributed by atoms with Crippen LogP contribution in [0.5, 0.6) is 0 Å². The average Bonchev–Trinajstić information content (AvgIpc) is 3.16. The number of hydrogen-bond donors (Lipinski definition) is 2. The Labute approximate surface area is 145 Å². The predicted octanol–water partition coefficient (Wildman–Crippen LogP) is 3.91. The van der Waals surface area contributed by atoms with Gasteiger partial charge in [-0.3, -0.25) is 5.10 Å². The lowest BCUT2D eigenvalue weighted by Gasteiger charge is -2.27. The lowest BCUT2D eigenvalue weighted by Crippen LogP contribution is -2.41. The highest BCUT2D eigenvalue weighted by Crippen LogP contribution is 2.35. The maximum Gasteiger partial charge on any atom is 0.318 e. The Morgan fingerprint density at radius 2 is 2.16 bits per heavy atom. The summed E-state index contributed by atoms with van der Waals surface area (Å²) in [7, 11) is 0. The zero-order valence-electron chi connectivity index (χ0n) is 14.6. The van der Waals surface area contributed by atoms with Crippen LogP contribution >= 0.6 is 0 Å². The Hall–Kier alpha value is -2.44. The first-order valence-corrected chi connectivity index (χ1v) is 8.42. The quantitative estimate of drug-likeness (QED) is 0.883. The average molecular weight is 348 g/mol. The maximum atomic E-state index is 13.9. The van der Waals surface area contributed by atoms with Gasteiger partial charge in [0.1, 0.15) is 0 Å². The van der Waals surface area contributed by atoms with Gasteiger partial charge in [0.05, 0.1) is 17.8 Å². The molecule has 2 heterocycles. The molecule has 1 fully saturated rings. The van der Waals surface area contributed by atoms with Gasteiger partial charge in [0.15, 0.2) is 11.6 Å². The van der Waals surface area contributed by atoms with E-state index in [4.69, 9.17) is 0 Å². The fourth-order valence-electron chi connectivity index (χ4n) is 3.56. The third-order valence-electron chi connectivity index (χ3n) is 4.82. The largest absolute Gasteiger partial charge is 0.331 e. The van der Waals surface area contributed by atoms with Crippen LogP contribution in [0.4, 0.5) is 13.6 Å². The zero-order valence-corrected chi connectivity index (χ0v) is 14.6. The Morgan fingerprint density at radius 1 is 1.40 bits per heavy atom. The first-order chi connectivity index (χ1) is 11.9. The molecular formula is C18H22F2N4O. The number of hydrogen-bond acceptors (Lipinski definition) is 2. The van der Waals surface area contributed by atoms with Crippen LogP contribution in [0, 0.1) is 25.5 Å². The molecule has 0 unspecified atom stereocenters. The fraction of sp³-hybridized carbons (Fsp3) is 0.444. The van der Waals surface area contributed by atoms with Crippen molar-refractivity contribution in [2.75, 3.05) is 6.54 Å². The van der Waals surface area contributed by atoms with Crippen LogP contribution in [-0.2, 0) is 0 Å². The van der Waals surface area contributed by atoms with Crippen molar-refractivity contribution in [1.29, 1.82) is 0 Å². The van der Waals surface area contributed by atoms with E-state index in [2.05, 4.69) is 15.5 Å². The van der Waals surface area contributed by atoms with E-state index in [0.29, 0.717) is 6.54 Å². The number of halogens is 2. The molecule has 7 heteroatoms. The van der Waals surface area contributed by atoms with Crippen LogP contribution in [0.2, 0.25) is 0 Å². The minimum atomic E-state index is -0.921. The van der Waals surface area contributed by atoms with Crippen molar-refractivity contribution in [1.82, 2.24) is 20.4 Å². The van der Waals surface area contributed by atoms with Crippen molar-refractivity contribution in [3.8, 4) is 0 Å². The monoisotopic (exact) mass is 348 g/mol. The lowest BCUT2D eigenvalue weighted by atomic mass is 10.0. The van der Waals surface area contributed by atoms with Gasteiger partial charge in [-0.2, -0.15) is 5.10 Å². The van der Waals surface area contributed by atoms with Crippen molar-refractivity contribution in [2.24, 2.45) is 0 Å². The van der Waals surface area contributed by atoms with E-state index in [0.717, 1.165) is 35.9 Å². The number of benzene rings is 1. The van der Waals surface area contributed by atoms with Gasteiger partial charge in [0.25, 0.3) is 0 Å². The van der Waals surface area contributed by atoms with E-state index < -0.39 is 17.7 Å². The summed E-state index contributed by atoms with van der Waals surface area (Å²) in [5.74, 6) is -1.84. The van der Waals surface area contributed by atoms with E-state index in [9.17, 15) is 13.6 Å². The summed E-state index contributed by atoms with van der Waals surface area (Å²) in [5.41, 5.74) is 3.01. The third-order valence-corrected chi connectivity index (χ3v) is 4.82.